The van der Waals surface area contributed by atoms with Crippen molar-refractivity contribution in [3.63, 3.8) is 0 Å². The topological polar surface area (TPSA) is 307 Å². The SMILES string of the molecule is CC/C=C\C/C=C\C/C=C\C/C=C\C/C=C\C/C=C\C/C=C\C/C=C\CCCCC(=O)NC(COC1OC(CO)C(OC2OC(CO)C(OC3OC(CO)C(O)C(O)C3O)C(O)C2O)C(O)C1O)C(O)CCCCCCCCCCCCCCCCCCCCCCCCCCCCCCC. The molecule has 584 valence electrons. The number of unbranched alkanes of at least 4 members (excludes halogenated alkanes) is 30. The van der Waals surface area contributed by atoms with E-state index in [1.807, 2.05) is 0 Å². The van der Waals surface area contributed by atoms with Crippen LogP contribution >= 0.6 is 0 Å². The molecule has 3 fully saturated rings. The molecule has 0 aromatic rings. The van der Waals surface area contributed by atoms with Crippen molar-refractivity contribution < 1.29 is 89.4 Å². The van der Waals surface area contributed by atoms with Crippen LogP contribution in [0.4, 0.5) is 0 Å². The second-order valence-electron chi connectivity index (χ2n) is 28.2. The molecule has 0 aromatic carbocycles. The Bertz CT molecular complexity index is 2200. The number of nitrogens with one attached hydrogen (secondary N) is 1. The zero-order valence-corrected chi connectivity index (χ0v) is 62.4. The van der Waals surface area contributed by atoms with E-state index >= 15 is 0 Å². The van der Waals surface area contributed by atoms with E-state index in [-0.39, 0.29) is 18.9 Å². The van der Waals surface area contributed by atoms with Gasteiger partial charge in [0.1, 0.15) is 73.2 Å². The summed E-state index contributed by atoms with van der Waals surface area (Å²) in [5, 5.41) is 121. The fourth-order valence-corrected chi connectivity index (χ4v) is 13.0. The summed E-state index contributed by atoms with van der Waals surface area (Å²) in [5.41, 5.74) is 0. The molecule has 0 spiro atoms. The number of hydrogen-bond donors (Lipinski definition) is 12. The molecule has 3 saturated heterocycles. The molecule has 0 aromatic heterocycles. The van der Waals surface area contributed by atoms with E-state index in [2.05, 4.69) is 116 Å². The number of allylic oxidation sites excluding steroid dienone is 16. The first-order chi connectivity index (χ1) is 49.3. The Morgan fingerprint density at radius 2 is 0.683 bits per heavy atom. The highest BCUT2D eigenvalue weighted by Crippen LogP contribution is 2.33. The fourth-order valence-electron chi connectivity index (χ4n) is 13.0. The molecule has 1 amide bonds. The second-order valence-corrected chi connectivity index (χ2v) is 28.2. The van der Waals surface area contributed by atoms with E-state index in [4.69, 9.17) is 28.4 Å². The third-order valence-electron chi connectivity index (χ3n) is 19.4. The van der Waals surface area contributed by atoms with Crippen molar-refractivity contribution in [2.24, 2.45) is 0 Å². The summed E-state index contributed by atoms with van der Waals surface area (Å²) < 4.78 is 34.5. The Labute approximate surface area is 609 Å². The lowest BCUT2D eigenvalue weighted by Crippen LogP contribution is -2.66. The van der Waals surface area contributed by atoms with Gasteiger partial charge in [-0.3, -0.25) is 4.79 Å². The van der Waals surface area contributed by atoms with Gasteiger partial charge in [0.2, 0.25) is 5.91 Å². The lowest BCUT2D eigenvalue weighted by molar-refractivity contribution is -0.379. The molecule has 101 heavy (non-hydrogen) atoms. The molecule has 0 saturated carbocycles. The van der Waals surface area contributed by atoms with Gasteiger partial charge in [0.15, 0.2) is 18.9 Å². The van der Waals surface area contributed by atoms with Gasteiger partial charge in [-0.15, -0.1) is 0 Å². The molecule has 12 N–H and O–H groups in total. The molecule has 17 unspecified atom stereocenters. The molecule has 3 aliphatic heterocycles. The second kappa shape index (κ2) is 61.8. The molecule has 17 atom stereocenters. The van der Waals surface area contributed by atoms with Crippen LogP contribution < -0.4 is 5.32 Å². The van der Waals surface area contributed by atoms with E-state index in [0.29, 0.717) is 19.3 Å². The predicted molar refractivity (Wildman–Crippen MR) is 401 cm³/mol. The average molecular weight is 1430 g/mol. The Kier molecular flexibility index (Phi) is 56.3. The third kappa shape index (κ3) is 42.0. The first kappa shape index (κ1) is 91.9. The Hall–Kier alpha value is -3.29. The van der Waals surface area contributed by atoms with Crippen LogP contribution in [0.3, 0.4) is 0 Å². The van der Waals surface area contributed by atoms with Crippen LogP contribution in [0.25, 0.3) is 0 Å². The van der Waals surface area contributed by atoms with Crippen LogP contribution in [0.2, 0.25) is 0 Å². The average Bonchev–Trinajstić information content (AvgIpc) is 0.782. The van der Waals surface area contributed by atoms with Gasteiger partial charge in [-0.25, -0.2) is 0 Å². The molecular weight excluding hydrogens is 1290 g/mol. The van der Waals surface area contributed by atoms with E-state index in [9.17, 15) is 61.0 Å². The van der Waals surface area contributed by atoms with Crippen molar-refractivity contribution in [1.82, 2.24) is 5.32 Å². The molecule has 19 heteroatoms. The van der Waals surface area contributed by atoms with Gasteiger partial charge in [-0.1, -0.05) is 297 Å². The van der Waals surface area contributed by atoms with E-state index in [1.165, 1.54) is 161 Å². The summed E-state index contributed by atoms with van der Waals surface area (Å²) >= 11 is 0. The lowest BCUT2D eigenvalue weighted by Gasteiger charge is -2.48. The number of carbonyl (C=O) groups is 1. The van der Waals surface area contributed by atoms with Crippen LogP contribution in [0.5, 0.6) is 0 Å². The number of rotatable bonds is 62. The monoisotopic (exact) mass is 1430 g/mol. The lowest BCUT2D eigenvalue weighted by atomic mass is 9.96. The molecule has 3 aliphatic rings. The van der Waals surface area contributed by atoms with Gasteiger partial charge in [-0.05, 0) is 77.0 Å². The maximum Gasteiger partial charge on any atom is 0.220 e. The minimum atomic E-state index is -1.98. The van der Waals surface area contributed by atoms with Crippen LogP contribution in [0.1, 0.15) is 284 Å². The summed E-state index contributed by atoms with van der Waals surface area (Å²) in [4.78, 5) is 13.5. The highest BCUT2D eigenvalue weighted by Gasteiger charge is 2.54. The molecule has 0 aliphatic carbocycles. The van der Waals surface area contributed by atoms with E-state index in [1.54, 1.807) is 0 Å². The highest BCUT2D eigenvalue weighted by molar-refractivity contribution is 5.76. The normalized spacial score (nSPS) is 26.8. The molecule has 0 radical (unpaired) electrons. The summed E-state index contributed by atoms with van der Waals surface area (Å²) in [5.74, 6) is -0.286. The molecular formula is C82H143NO18. The zero-order chi connectivity index (χ0) is 73.2. The number of aliphatic hydroxyl groups excluding tert-OH is 11. The minimum Gasteiger partial charge on any atom is -0.394 e. The number of carbonyl (C=O) groups excluding carboxylic acids is 1. The molecule has 19 nitrogen and oxygen atoms in total. The predicted octanol–water partition coefficient (Wildman–Crippen LogP) is 13.2. The van der Waals surface area contributed by atoms with Crippen LogP contribution in [-0.2, 0) is 33.2 Å². The number of hydrogen-bond acceptors (Lipinski definition) is 18. The van der Waals surface area contributed by atoms with Crippen LogP contribution in [0.15, 0.2) is 97.2 Å². The van der Waals surface area contributed by atoms with Crippen molar-refractivity contribution in [3.8, 4) is 0 Å². The maximum atomic E-state index is 13.5. The van der Waals surface area contributed by atoms with Gasteiger partial charge < -0.3 is 89.9 Å². The van der Waals surface area contributed by atoms with Crippen molar-refractivity contribution >= 4 is 5.91 Å². The van der Waals surface area contributed by atoms with Gasteiger partial charge >= 0.3 is 0 Å². The summed E-state index contributed by atoms with van der Waals surface area (Å²) in [6.45, 7) is 1.68. The Morgan fingerprint density at radius 3 is 1.05 bits per heavy atom. The Morgan fingerprint density at radius 1 is 0.366 bits per heavy atom. The van der Waals surface area contributed by atoms with E-state index < -0.39 is 124 Å². The van der Waals surface area contributed by atoms with Gasteiger partial charge in [0.05, 0.1) is 38.6 Å². The minimum absolute atomic E-state index is 0.205. The summed E-state index contributed by atoms with van der Waals surface area (Å²) in [6.07, 6.45) is 56.4. The summed E-state index contributed by atoms with van der Waals surface area (Å²) in [7, 11) is 0. The molecule has 0 bridgehead atoms. The quantitative estimate of drug-likeness (QED) is 0.0199. The van der Waals surface area contributed by atoms with Gasteiger partial charge in [-0.2, -0.15) is 0 Å². The fraction of sp³-hybridized carbons (Fsp3) is 0.793. The smallest absolute Gasteiger partial charge is 0.220 e. The van der Waals surface area contributed by atoms with Crippen molar-refractivity contribution in [3.05, 3.63) is 97.2 Å². The molecule has 3 heterocycles. The Balaban J connectivity index is 1.40. The van der Waals surface area contributed by atoms with Crippen molar-refractivity contribution in [1.29, 1.82) is 0 Å². The van der Waals surface area contributed by atoms with Gasteiger partial charge in [0, 0.05) is 6.42 Å². The first-order valence-electron chi connectivity index (χ1n) is 40.0. The zero-order valence-electron chi connectivity index (χ0n) is 62.4. The van der Waals surface area contributed by atoms with E-state index in [0.717, 1.165) is 83.5 Å². The van der Waals surface area contributed by atoms with Crippen LogP contribution in [-0.4, -0.2) is 193 Å². The standard InChI is InChI=1S/C82H143NO18/c1-3-5-7-9-11-13-15-17-19-21-23-25-27-29-31-32-34-35-37-39-41-43-45-47-49-51-53-55-57-59-66(87)65(83-70(88)60-58-56-54-52-50-48-46-44-42-40-38-36-33-30-28-26-24-22-20-18-16-14-12-10-8-6-4-2)64-96-80-76(94)73(91)78(68(62-85)98-80)101-82-77(95)74(92)79(69(63-86)99-82)100-81-75(93)72(90)71(89)67(61-84)97-81/h6,8,12,14,18,20,24,26,30,33,38,40,44,46,50,52,65-69,71-82,84-87,89-95H,3-5,7,9-11,13,15-17,19,21-23,25,27-29,31-32,34-37,39,41-43,45,47-49,51,53-64H2,1-2H3,(H,83,88)/b8-6-,14-12-,20-18-,26-24-,33-30-,40-38-,46-44-,52-50-. The first-order valence-corrected chi connectivity index (χ1v) is 40.0. The highest BCUT2D eigenvalue weighted by atomic mass is 16.8. The number of ether oxygens (including phenoxy) is 6. The molecule has 3 rings (SSSR count). The number of amides is 1. The largest absolute Gasteiger partial charge is 0.394 e. The van der Waals surface area contributed by atoms with Gasteiger partial charge in [0.25, 0.3) is 0 Å². The van der Waals surface area contributed by atoms with Crippen molar-refractivity contribution in [2.45, 2.75) is 388 Å². The summed E-state index contributed by atoms with van der Waals surface area (Å²) in [6, 6.07) is -0.920. The van der Waals surface area contributed by atoms with Crippen molar-refractivity contribution in [2.75, 3.05) is 26.4 Å². The van der Waals surface area contributed by atoms with Crippen LogP contribution in [0, 0.1) is 0 Å². The number of aliphatic hydroxyl groups is 11. The third-order valence-corrected chi connectivity index (χ3v) is 19.4. The maximum absolute atomic E-state index is 13.5.